The first kappa shape index (κ1) is 16.6. The first-order chi connectivity index (χ1) is 10.9. The standard InChI is InChI=1S/C15H15N3O4S/c1-9-3-5-11(18(21)22)7-12(9)17-14(19)8-16-15(20)13-6-4-10(2)23-13/h3-7H,8H2,1-2H3,(H,16,20)(H,17,19). The molecule has 0 aliphatic heterocycles. The zero-order valence-electron chi connectivity index (χ0n) is 12.6. The normalized spacial score (nSPS) is 10.2. The Bertz CT molecular complexity index is 770. The van der Waals surface area contributed by atoms with Crippen molar-refractivity contribution in [2.75, 3.05) is 11.9 Å². The molecule has 1 aromatic carbocycles. The summed E-state index contributed by atoms with van der Waals surface area (Å²) in [4.78, 5) is 35.5. The number of carbonyl (C=O) groups is 2. The molecule has 2 amide bonds. The van der Waals surface area contributed by atoms with Gasteiger partial charge < -0.3 is 10.6 Å². The van der Waals surface area contributed by atoms with Crippen LogP contribution in [0.4, 0.5) is 11.4 Å². The number of hydrogen-bond acceptors (Lipinski definition) is 5. The molecule has 0 unspecified atom stereocenters. The number of rotatable bonds is 5. The van der Waals surface area contributed by atoms with Crippen LogP contribution in [0.1, 0.15) is 20.1 Å². The molecule has 1 heterocycles. The third kappa shape index (κ3) is 4.36. The van der Waals surface area contributed by atoms with E-state index in [9.17, 15) is 19.7 Å². The fourth-order valence-corrected chi connectivity index (χ4v) is 2.64. The highest BCUT2D eigenvalue weighted by Crippen LogP contribution is 2.21. The Morgan fingerprint density at radius 1 is 1.22 bits per heavy atom. The average Bonchev–Trinajstić information content (AvgIpc) is 2.93. The van der Waals surface area contributed by atoms with Gasteiger partial charge in [-0.25, -0.2) is 0 Å². The van der Waals surface area contributed by atoms with Gasteiger partial charge in [0.2, 0.25) is 5.91 Å². The molecular formula is C15H15N3O4S. The van der Waals surface area contributed by atoms with Gasteiger partial charge in [0, 0.05) is 17.0 Å². The van der Waals surface area contributed by atoms with Gasteiger partial charge in [-0.15, -0.1) is 11.3 Å². The van der Waals surface area contributed by atoms with Crippen molar-refractivity contribution >= 4 is 34.5 Å². The lowest BCUT2D eigenvalue weighted by Gasteiger charge is -2.08. The summed E-state index contributed by atoms with van der Waals surface area (Å²) < 4.78 is 0. The summed E-state index contributed by atoms with van der Waals surface area (Å²) in [6, 6.07) is 7.73. The predicted molar refractivity (Wildman–Crippen MR) is 87.9 cm³/mol. The fourth-order valence-electron chi connectivity index (χ4n) is 1.86. The number of benzene rings is 1. The van der Waals surface area contributed by atoms with E-state index in [-0.39, 0.29) is 18.1 Å². The highest BCUT2D eigenvalue weighted by Gasteiger charge is 2.13. The minimum atomic E-state index is -0.532. The zero-order chi connectivity index (χ0) is 17.0. The summed E-state index contributed by atoms with van der Waals surface area (Å²) in [5, 5.41) is 15.8. The van der Waals surface area contributed by atoms with E-state index in [2.05, 4.69) is 10.6 Å². The molecule has 8 heteroatoms. The van der Waals surface area contributed by atoms with Gasteiger partial charge in [-0.1, -0.05) is 6.07 Å². The first-order valence-electron chi connectivity index (χ1n) is 6.76. The van der Waals surface area contributed by atoms with Crippen LogP contribution in [0, 0.1) is 24.0 Å². The van der Waals surface area contributed by atoms with Crippen LogP contribution < -0.4 is 10.6 Å². The number of nitro benzene ring substituents is 1. The van der Waals surface area contributed by atoms with Crippen LogP contribution in [-0.2, 0) is 4.79 Å². The number of hydrogen-bond donors (Lipinski definition) is 2. The van der Waals surface area contributed by atoms with Gasteiger partial charge in [0.1, 0.15) is 0 Å². The molecular weight excluding hydrogens is 318 g/mol. The van der Waals surface area contributed by atoms with Gasteiger partial charge >= 0.3 is 0 Å². The van der Waals surface area contributed by atoms with Gasteiger partial charge in [-0.3, -0.25) is 19.7 Å². The Morgan fingerprint density at radius 2 is 1.96 bits per heavy atom. The van der Waals surface area contributed by atoms with E-state index in [1.807, 2.05) is 13.0 Å². The summed E-state index contributed by atoms with van der Waals surface area (Å²) in [6.45, 7) is 3.41. The third-order valence-electron chi connectivity index (χ3n) is 3.08. The second kappa shape index (κ2) is 7.01. The number of anilines is 1. The molecule has 0 saturated heterocycles. The number of nitrogens with zero attached hydrogens (tertiary/aromatic N) is 1. The smallest absolute Gasteiger partial charge is 0.271 e. The van der Waals surface area contributed by atoms with Crippen LogP contribution in [0.25, 0.3) is 0 Å². The Balaban J connectivity index is 1.96. The van der Waals surface area contributed by atoms with Crippen LogP contribution >= 0.6 is 11.3 Å². The van der Waals surface area contributed by atoms with E-state index in [0.717, 1.165) is 4.88 Å². The third-order valence-corrected chi connectivity index (χ3v) is 4.08. The van der Waals surface area contributed by atoms with Crippen molar-refractivity contribution in [2.24, 2.45) is 0 Å². The fraction of sp³-hybridized carbons (Fsp3) is 0.200. The number of nitrogens with one attached hydrogen (secondary N) is 2. The number of thiophene rings is 1. The number of non-ortho nitro benzene ring substituents is 1. The SMILES string of the molecule is Cc1ccc(C(=O)NCC(=O)Nc2cc([N+](=O)[O-])ccc2C)s1. The maximum Gasteiger partial charge on any atom is 0.271 e. The average molecular weight is 333 g/mol. The summed E-state index contributed by atoms with van der Waals surface area (Å²) in [7, 11) is 0. The summed E-state index contributed by atoms with van der Waals surface area (Å²) in [6.07, 6.45) is 0. The monoisotopic (exact) mass is 333 g/mol. The largest absolute Gasteiger partial charge is 0.342 e. The molecule has 0 spiro atoms. The van der Waals surface area contributed by atoms with E-state index >= 15 is 0 Å². The lowest BCUT2D eigenvalue weighted by molar-refractivity contribution is -0.384. The highest BCUT2D eigenvalue weighted by atomic mass is 32.1. The lowest BCUT2D eigenvalue weighted by atomic mass is 10.2. The maximum absolute atomic E-state index is 11.9. The van der Waals surface area contributed by atoms with Crippen LogP contribution in [-0.4, -0.2) is 23.3 Å². The molecule has 7 nitrogen and oxygen atoms in total. The van der Waals surface area contributed by atoms with E-state index in [4.69, 9.17) is 0 Å². The summed E-state index contributed by atoms with van der Waals surface area (Å²) >= 11 is 1.34. The Labute approximate surface area is 136 Å². The molecule has 2 aromatic rings. The summed E-state index contributed by atoms with van der Waals surface area (Å²) in [5.41, 5.74) is 0.943. The number of aryl methyl sites for hydroxylation is 2. The predicted octanol–water partition coefficient (Wildman–Crippen LogP) is 2.64. The van der Waals surface area contributed by atoms with Gasteiger partial charge in [0.15, 0.2) is 0 Å². The lowest BCUT2D eigenvalue weighted by Crippen LogP contribution is -2.32. The zero-order valence-corrected chi connectivity index (χ0v) is 13.4. The summed E-state index contributed by atoms with van der Waals surface area (Å²) in [5.74, 6) is -0.774. The highest BCUT2D eigenvalue weighted by molar-refractivity contribution is 7.13. The van der Waals surface area contributed by atoms with Crippen molar-refractivity contribution in [1.29, 1.82) is 0 Å². The van der Waals surface area contributed by atoms with Crippen LogP contribution in [0.2, 0.25) is 0 Å². The van der Waals surface area contributed by atoms with Gasteiger partial charge in [-0.2, -0.15) is 0 Å². The van der Waals surface area contributed by atoms with Gasteiger partial charge in [-0.05, 0) is 31.5 Å². The van der Waals surface area contributed by atoms with Crippen molar-refractivity contribution in [3.63, 3.8) is 0 Å². The number of nitro groups is 1. The Kier molecular flexibility index (Phi) is 5.07. The maximum atomic E-state index is 11.9. The molecule has 0 radical (unpaired) electrons. The molecule has 0 aliphatic rings. The number of amides is 2. The molecule has 120 valence electrons. The second-order valence-corrected chi connectivity index (χ2v) is 6.19. The minimum Gasteiger partial charge on any atom is -0.342 e. The van der Waals surface area contributed by atoms with Gasteiger partial charge in [0.05, 0.1) is 22.0 Å². The Hall–Kier alpha value is -2.74. The molecule has 0 bridgehead atoms. The first-order valence-corrected chi connectivity index (χ1v) is 7.58. The van der Waals surface area contributed by atoms with Crippen LogP contribution in [0.5, 0.6) is 0 Å². The molecule has 0 fully saturated rings. The Morgan fingerprint density at radius 3 is 2.57 bits per heavy atom. The van der Waals surface area contributed by atoms with E-state index in [1.165, 1.54) is 23.5 Å². The molecule has 1 aromatic heterocycles. The molecule has 0 atom stereocenters. The van der Waals surface area contributed by atoms with Crippen LogP contribution in [0.15, 0.2) is 30.3 Å². The van der Waals surface area contributed by atoms with Crippen molar-refractivity contribution in [1.82, 2.24) is 5.32 Å². The van der Waals surface area contributed by atoms with E-state index < -0.39 is 10.8 Å². The van der Waals surface area contributed by atoms with Gasteiger partial charge in [0.25, 0.3) is 11.6 Å². The molecule has 0 aliphatic carbocycles. The molecule has 2 rings (SSSR count). The molecule has 2 N–H and O–H groups in total. The minimum absolute atomic E-state index is 0.107. The van der Waals surface area contributed by atoms with Crippen molar-refractivity contribution in [3.8, 4) is 0 Å². The second-order valence-electron chi connectivity index (χ2n) is 4.90. The number of carbonyl (C=O) groups excluding carboxylic acids is 2. The van der Waals surface area contributed by atoms with E-state index in [0.29, 0.717) is 16.1 Å². The van der Waals surface area contributed by atoms with Crippen molar-refractivity contribution in [2.45, 2.75) is 13.8 Å². The van der Waals surface area contributed by atoms with Crippen molar-refractivity contribution in [3.05, 3.63) is 55.8 Å². The molecule has 0 saturated carbocycles. The molecule has 23 heavy (non-hydrogen) atoms. The quantitative estimate of drug-likeness (QED) is 0.648. The topological polar surface area (TPSA) is 101 Å². The van der Waals surface area contributed by atoms with E-state index in [1.54, 1.807) is 19.1 Å². The van der Waals surface area contributed by atoms with Crippen molar-refractivity contribution < 1.29 is 14.5 Å². The van der Waals surface area contributed by atoms with Crippen LogP contribution in [0.3, 0.4) is 0 Å².